The number of piperazine rings is 1. The van der Waals surface area contributed by atoms with Crippen molar-refractivity contribution < 1.29 is 14.0 Å². The number of para-hydroxylation sites is 1. The Morgan fingerprint density at radius 2 is 1.56 bits per heavy atom. The fraction of sp³-hybridized carbons (Fsp3) is 0.400. The lowest BCUT2D eigenvalue weighted by atomic mass is 10.1. The third-order valence-electron chi connectivity index (χ3n) is 6.63. The highest BCUT2D eigenvalue weighted by molar-refractivity contribution is 5.97. The minimum absolute atomic E-state index is 0.145. The SMILES string of the molecule is O=C(CN1CCN(C(=O)c2cnn(-c3ccccc3F)c2-n2cccc2)CC1)N1CCCCC1. The minimum atomic E-state index is -0.412. The van der Waals surface area contributed by atoms with Crippen LogP contribution >= 0.6 is 0 Å². The highest BCUT2D eigenvalue weighted by Crippen LogP contribution is 2.23. The van der Waals surface area contributed by atoms with Crippen LogP contribution in [0, 0.1) is 5.82 Å². The molecule has 2 aliphatic heterocycles. The van der Waals surface area contributed by atoms with Gasteiger partial charge in [0.2, 0.25) is 5.91 Å². The van der Waals surface area contributed by atoms with E-state index in [9.17, 15) is 14.0 Å². The lowest BCUT2D eigenvalue weighted by Crippen LogP contribution is -2.52. The van der Waals surface area contributed by atoms with Crippen LogP contribution in [0.15, 0.2) is 55.0 Å². The second kappa shape index (κ2) is 9.80. The molecule has 3 aromatic rings. The predicted octanol–water partition coefficient (Wildman–Crippen LogP) is 2.57. The van der Waals surface area contributed by atoms with E-state index >= 15 is 0 Å². The van der Waals surface area contributed by atoms with E-state index in [0.29, 0.717) is 44.1 Å². The number of rotatable bonds is 5. The van der Waals surface area contributed by atoms with Crippen molar-refractivity contribution in [2.75, 3.05) is 45.8 Å². The molecule has 0 atom stereocenters. The molecular formula is C25H29FN6O2. The van der Waals surface area contributed by atoms with E-state index in [4.69, 9.17) is 0 Å². The molecule has 0 radical (unpaired) electrons. The number of amides is 2. The summed E-state index contributed by atoms with van der Waals surface area (Å²) in [7, 11) is 0. The van der Waals surface area contributed by atoms with Gasteiger partial charge in [0, 0.05) is 51.7 Å². The first-order valence-corrected chi connectivity index (χ1v) is 11.9. The molecule has 0 unspecified atom stereocenters. The van der Waals surface area contributed by atoms with Crippen LogP contribution in [0.1, 0.15) is 29.6 Å². The van der Waals surface area contributed by atoms with Crippen LogP contribution < -0.4 is 0 Å². The summed E-state index contributed by atoms with van der Waals surface area (Å²) in [6, 6.07) is 10.1. The molecule has 178 valence electrons. The predicted molar refractivity (Wildman–Crippen MR) is 126 cm³/mol. The maximum atomic E-state index is 14.5. The van der Waals surface area contributed by atoms with Crippen molar-refractivity contribution in [2.45, 2.75) is 19.3 Å². The second-order valence-electron chi connectivity index (χ2n) is 8.85. The molecule has 4 heterocycles. The molecule has 0 aliphatic carbocycles. The molecule has 0 spiro atoms. The number of nitrogens with zero attached hydrogens (tertiary/aromatic N) is 6. The van der Waals surface area contributed by atoms with Gasteiger partial charge in [0.15, 0.2) is 5.82 Å². The molecule has 0 bridgehead atoms. The lowest BCUT2D eigenvalue weighted by Gasteiger charge is -2.36. The standard InChI is InChI=1S/C25H29FN6O2/c26-21-8-2-3-9-22(21)32-24(30-12-6-7-13-30)20(18-27-32)25(34)31-16-14-28(15-17-31)19-23(33)29-10-4-1-5-11-29/h2-3,6-9,12-13,18H,1,4-5,10-11,14-17,19H2. The average molecular weight is 465 g/mol. The van der Waals surface area contributed by atoms with Crippen molar-refractivity contribution in [3.05, 3.63) is 66.4 Å². The molecule has 2 saturated heterocycles. The van der Waals surface area contributed by atoms with Gasteiger partial charge in [0.25, 0.3) is 5.91 Å². The Morgan fingerprint density at radius 1 is 0.853 bits per heavy atom. The van der Waals surface area contributed by atoms with Gasteiger partial charge in [0.05, 0.1) is 12.7 Å². The molecule has 2 aromatic heterocycles. The zero-order valence-electron chi connectivity index (χ0n) is 19.1. The number of hydrogen-bond acceptors (Lipinski definition) is 4. The van der Waals surface area contributed by atoms with Crippen LogP contribution in [-0.4, -0.2) is 86.7 Å². The third-order valence-corrected chi connectivity index (χ3v) is 6.63. The molecule has 9 heteroatoms. The Balaban J connectivity index is 1.31. The molecule has 2 fully saturated rings. The number of likely N-dealkylation sites (tertiary alicyclic amines) is 1. The second-order valence-corrected chi connectivity index (χ2v) is 8.85. The highest BCUT2D eigenvalue weighted by Gasteiger charge is 2.29. The fourth-order valence-electron chi connectivity index (χ4n) is 4.73. The summed E-state index contributed by atoms with van der Waals surface area (Å²) >= 11 is 0. The van der Waals surface area contributed by atoms with Crippen LogP contribution in [-0.2, 0) is 4.79 Å². The largest absolute Gasteiger partial charge is 0.342 e. The van der Waals surface area contributed by atoms with Crippen molar-refractivity contribution in [1.82, 2.24) is 29.0 Å². The summed E-state index contributed by atoms with van der Waals surface area (Å²) in [6.07, 6.45) is 8.50. The highest BCUT2D eigenvalue weighted by atomic mass is 19.1. The van der Waals surface area contributed by atoms with Crippen molar-refractivity contribution in [3.8, 4) is 11.5 Å². The van der Waals surface area contributed by atoms with E-state index < -0.39 is 5.82 Å². The van der Waals surface area contributed by atoms with Gasteiger partial charge in [0.1, 0.15) is 17.1 Å². The van der Waals surface area contributed by atoms with Crippen molar-refractivity contribution in [1.29, 1.82) is 0 Å². The third kappa shape index (κ3) is 4.48. The van der Waals surface area contributed by atoms with Crippen LogP contribution in [0.4, 0.5) is 4.39 Å². The number of hydrogen-bond donors (Lipinski definition) is 0. The van der Waals surface area contributed by atoms with Crippen LogP contribution in [0.25, 0.3) is 11.5 Å². The van der Waals surface area contributed by atoms with Gasteiger partial charge < -0.3 is 14.4 Å². The van der Waals surface area contributed by atoms with Gasteiger partial charge >= 0.3 is 0 Å². The van der Waals surface area contributed by atoms with Crippen LogP contribution in [0.5, 0.6) is 0 Å². The number of carbonyl (C=O) groups excluding carboxylic acids is 2. The van der Waals surface area contributed by atoms with Gasteiger partial charge in [-0.3, -0.25) is 14.5 Å². The number of carbonyl (C=O) groups is 2. The monoisotopic (exact) mass is 464 g/mol. The molecule has 2 amide bonds. The number of halogens is 1. The van der Waals surface area contributed by atoms with Gasteiger partial charge in [-0.25, -0.2) is 9.07 Å². The van der Waals surface area contributed by atoms with E-state index in [1.165, 1.54) is 23.4 Å². The van der Waals surface area contributed by atoms with E-state index in [1.807, 2.05) is 29.4 Å². The van der Waals surface area contributed by atoms with Gasteiger partial charge in [-0.15, -0.1) is 0 Å². The zero-order chi connectivity index (χ0) is 23.5. The summed E-state index contributed by atoms with van der Waals surface area (Å²) in [6.45, 7) is 4.46. The zero-order valence-corrected chi connectivity index (χ0v) is 19.1. The molecular weight excluding hydrogens is 435 g/mol. The molecule has 2 aliphatic rings. The van der Waals surface area contributed by atoms with Crippen LogP contribution in [0.3, 0.4) is 0 Å². The van der Waals surface area contributed by atoms with Crippen molar-refractivity contribution in [3.63, 3.8) is 0 Å². The average Bonchev–Trinajstić information content (AvgIpc) is 3.55. The summed E-state index contributed by atoms with van der Waals surface area (Å²) in [5.41, 5.74) is 0.698. The number of piperidine rings is 1. The number of benzene rings is 1. The lowest BCUT2D eigenvalue weighted by molar-refractivity contribution is -0.133. The van der Waals surface area contributed by atoms with Crippen molar-refractivity contribution >= 4 is 11.8 Å². The molecule has 34 heavy (non-hydrogen) atoms. The Morgan fingerprint density at radius 3 is 2.26 bits per heavy atom. The summed E-state index contributed by atoms with van der Waals surface area (Å²) in [5.74, 6) is 0.127. The molecule has 1 aromatic carbocycles. The van der Waals surface area contributed by atoms with Gasteiger partial charge in [-0.2, -0.15) is 5.10 Å². The first-order valence-electron chi connectivity index (χ1n) is 11.9. The quantitative estimate of drug-likeness (QED) is 0.582. The first kappa shape index (κ1) is 22.3. The van der Waals surface area contributed by atoms with E-state index in [-0.39, 0.29) is 17.5 Å². The minimum Gasteiger partial charge on any atom is -0.342 e. The van der Waals surface area contributed by atoms with E-state index in [0.717, 1.165) is 25.9 Å². The molecule has 8 nitrogen and oxygen atoms in total. The Hall–Kier alpha value is -3.46. The van der Waals surface area contributed by atoms with Crippen molar-refractivity contribution in [2.24, 2.45) is 0 Å². The Bertz CT molecular complexity index is 1140. The maximum Gasteiger partial charge on any atom is 0.259 e. The Labute approximate surface area is 198 Å². The van der Waals surface area contributed by atoms with E-state index in [2.05, 4.69) is 10.00 Å². The van der Waals surface area contributed by atoms with Crippen LogP contribution in [0.2, 0.25) is 0 Å². The molecule has 0 saturated carbocycles. The van der Waals surface area contributed by atoms with Gasteiger partial charge in [-0.05, 0) is 43.5 Å². The summed E-state index contributed by atoms with van der Waals surface area (Å²) in [5, 5.41) is 4.37. The number of aromatic nitrogens is 3. The smallest absolute Gasteiger partial charge is 0.259 e. The van der Waals surface area contributed by atoms with E-state index in [1.54, 1.807) is 27.7 Å². The fourth-order valence-corrected chi connectivity index (χ4v) is 4.73. The maximum absolute atomic E-state index is 14.5. The Kier molecular flexibility index (Phi) is 6.44. The normalized spacial score (nSPS) is 17.2. The van der Waals surface area contributed by atoms with Gasteiger partial charge in [-0.1, -0.05) is 12.1 Å². The molecule has 0 N–H and O–H groups in total. The topological polar surface area (TPSA) is 66.6 Å². The summed E-state index contributed by atoms with van der Waals surface area (Å²) < 4.78 is 17.8. The molecule has 5 rings (SSSR count). The summed E-state index contributed by atoms with van der Waals surface area (Å²) in [4.78, 5) is 32.0. The first-order chi connectivity index (χ1) is 16.6.